The summed E-state index contributed by atoms with van der Waals surface area (Å²) in [5, 5.41) is 81.0. The maximum absolute atomic E-state index is 10.9. The fraction of sp³-hybridized carbons (Fsp3) is 1.00. The fourth-order valence-corrected chi connectivity index (χ4v) is 4.52. The zero-order valence-corrected chi connectivity index (χ0v) is 19.3. The molecule has 0 spiro atoms. The first-order valence-electron chi connectivity index (χ1n) is 11.5. The largest absolute Gasteiger partial charge is 0.396 e. The number of nitrogens with two attached hydrogens (primary N) is 1. The number of hydrogen-bond donors (Lipinski definition) is 9. The van der Waals surface area contributed by atoms with Gasteiger partial charge in [0.2, 0.25) is 0 Å². The second-order valence-electron chi connectivity index (χ2n) is 9.31. The zero-order valence-electron chi connectivity index (χ0n) is 19.3. The Balaban J connectivity index is 2.08. The highest BCUT2D eigenvalue weighted by molar-refractivity contribution is 4.97. The van der Waals surface area contributed by atoms with E-state index in [0.29, 0.717) is 12.8 Å². The highest BCUT2D eigenvalue weighted by atomic mass is 16.7. The Bertz CT molecular complexity index is 584. The van der Waals surface area contributed by atoms with Gasteiger partial charge in [-0.3, -0.25) is 0 Å². The van der Waals surface area contributed by atoms with Crippen molar-refractivity contribution >= 4 is 0 Å². The molecule has 12 heteroatoms. The summed E-state index contributed by atoms with van der Waals surface area (Å²) in [5.74, 6) is -1.16. The zero-order chi connectivity index (χ0) is 25.0. The molecule has 2 aliphatic rings. The lowest BCUT2D eigenvalue weighted by molar-refractivity contribution is -0.327. The van der Waals surface area contributed by atoms with Gasteiger partial charge in [-0.05, 0) is 25.2 Å². The van der Waals surface area contributed by atoms with Gasteiger partial charge in [0.25, 0.3) is 0 Å². The lowest BCUT2D eigenvalue weighted by Crippen LogP contribution is -2.64. The van der Waals surface area contributed by atoms with E-state index < -0.39 is 79.5 Å². The molecule has 1 saturated carbocycles. The number of aliphatic hydroxyl groups is 8. The predicted molar refractivity (Wildman–Crippen MR) is 113 cm³/mol. The molecule has 0 bridgehead atoms. The van der Waals surface area contributed by atoms with E-state index in [1.54, 1.807) is 13.8 Å². The minimum Gasteiger partial charge on any atom is -0.396 e. The molecule has 1 aliphatic carbocycles. The molecule has 2 fully saturated rings. The lowest BCUT2D eigenvalue weighted by atomic mass is 9.80. The summed E-state index contributed by atoms with van der Waals surface area (Å²) in [5.41, 5.74) is 6.17. The Kier molecular flexibility index (Phi) is 10.9. The van der Waals surface area contributed by atoms with Gasteiger partial charge in [0.1, 0.15) is 36.6 Å². The Morgan fingerprint density at radius 2 is 1.64 bits per heavy atom. The van der Waals surface area contributed by atoms with Crippen LogP contribution in [0.3, 0.4) is 0 Å². The van der Waals surface area contributed by atoms with Gasteiger partial charge in [-0.25, -0.2) is 0 Å². The van der Waals surface area contributed by atoms with Crippen LogP contribution in [0, 0.1) is 11.8 Å². The van der Waals surface area contributed by atoms with Gasteiger partial charge in [-0.2, -0.15) is 0 Å². The molecule has 0 amide bonds. The van der Waals surface area contributed by atoms with Crippen LogP contribution in [0.2, 0.25) is 0 Å². The van der Waals surface area contributed by atoms with Crippen molar-refractivity contribution in [2.45, 2.75) is 114 Å². The smallest absolute Gasteiger partial charge is 0.187 e. The van der Waals surface area contributed by atoms with Crippen molar-refractivity contribution in [3.8, 4) is 0 Å². The van der Waals surface area contributed by atoms with Gasteiger partial charge in [0, 0.05) is 18.6 Å². The topological polar surface area (TPSA) is 216 Å². The molecule has 12 nitrogen and oxygen atoms in total. The van der Waals surface area contributed by atoms with E-state index in [1.807, 2.05) is 0 Å². The Hall–Kier alpha value is -0.480. The summed E-state index contributed by atoms with van der Waals surface area (Å²) in [4.78, 5) is 0. The summed E-state index contributed by atoms with van der Waals surface area (Å²) in [7, 11) is 0. The van der Waals surface area contributed by atoms with E-state index in [1.165, 1.54) is 6.92 Å². The van der Waals surface area contributed by atoms with E-state index in [9.17, 15) is 35.7 Å². The molecule has 196 valence electrons. The van der Waals surface area contributed by atoms with E-state index in [4.69, 9.17) is 25.1 Å². The van der Waals surface area contributed by atoms with Crippen molar-refractivity contribution in [3.63, 3.8) is 0 Å². The third kappa shape index (κ3) is 6.60. The van der Waals surface area contributed by atoms with Crippen LogP contribution in [0.15, 0.2) is 0 Å². The van der Waals surface area contributed by atoms with Crippen molar-refractivity contribution < 1.29 is 55.1 Å². The van der Waals surface area contributed by atoms with Crippen LogP contribution < -0.4 is 5.73 Å². The lowest BCUT2D eigenvalue weighted by Gasteiger charge is -2.47. The molecular weight excluding hydrogens is 442 g/mol. The molecule has 10 N–H and O–H groups in total. The summed E-state index contributed by atoms with van der Waals surface area (Å²) >= 11 is 0. The van der Waals surface area contributed by atoms with Crippen LogP contribution in [0.5, 0.6) is 0 Å². The minimum atomic E-state index is -1.75. The molecular formula is C21H41NO11. The molecule has 1 heterocycles. The monoisotopic (exact) mass is 483 g/mol. The SMILES string of the molecule is CCC1OC(OC2C(N)CC(C)C(OC(O)C(O)C(C)C(O)CCO)C2O)C(O)C(O)C1O. The molecule has 0 aromatic heterocycles. The predicted octanol–water partition coefficient (Wildman–Crippen LogP) is -3.24. The first kappa shape index (κ1) is 28.8. The standard InChI is InChI=1S/C21H41NO11/c1-4-12-14(26)15(27)16(28)21(31-12)33-19-10(22)7-8(2)18(17(19)29)32-20(30)13(25)9(3)11(24)5-6-23/h8-21,23-30H,4-7,22H2,1-3H3. The molecule has 33 heavy (non-hydrogen) atoms. The second kappa shape index (κ2) is 12.5. The summed E-state index contributed by atoms with van der Waals surface area (Å²) in [6.07, 6.45) is -13.7. The van der Waals surface area contributed by atoms with Gasteiger partial charge in [0.15, 0.2) is 12.6 Å². The number of rotatable bonds is 10. The van der Waals surface area contributed by atoms with E-state index in [-0.39, 0.29) is 18.9 Å². The highest BCUT2D eigenvalue weighted by Gasteiger charge is 2.49. The highest BCUT2D eigenvalue weighted by Crippen LogP contribution is 2.33. The third-order valence-corrected chi connectivity index (χ3v) is 6.82. The first-order valence-corrected chi connectivity index (χ1v) is 11.5. The normalized spacial score (nSPS) is 43.6. The summed E-state index contributed by atoms with van der Waals surface area (Å²) < 4.78 is 16.9. The molecule has 0 radical (unpaired) electrons. The van der Waals surface area contributed by atoms with Gasteiger partial charge >= 0.3 is 0 Å². The van der Waals surface area contributed by atoms with Crippen LogP contribution in [-0.2, 0) is 14.2 Å². The minimum absolute atomic E-state index is 0.0151. The molecule has 1 saturated heterocycles. The number of aliphatic hydroxyl groups excluding tert-OH is 8. The van der Waals surface area contributed by atoms with Gasteiger partial charge in [-0.15, -0.1) is 0 Å². The van der Waals surface area contributed by atoms with Gasteiger partial charge in [-0.1, -0.05) is 20.8 Å². The maximum atomic E-state index is 10.9. The molecule has 0 aromatic carbocycles. The van der Waals surface area contributed by atoms with Crippen molar-refractivity contribution in [2.75, 3.05) is 6.61 Å². The van der Waals surface area contributed by atoms with E-state index in [2.05, 4.69) is 0 Å². The average Bonchev–Trinajstić information content (AvgIpc) is 2.78. The van der Waals surface area contributed by atoms with E-state index >= 15 is 0 Å². The van der Waals surface area contributed by atoms with Crippen LogP contribution in [0.1, 0.15) is 40.0 Å². The molecule has 14 unspecified atom stereocenters. The summed E-state index contributed by atoms with van der Waals surface area (Å²) in [6.45, 7) is 4.68. The second-order valence-corrected chi connectivity index (χ2v) is 9.31. The van der Waals surface area contributed by atoms with Crippen molar-refractivity contribution in [3.05, 3.63) is 0 Å². The Labute approximate surface area is 193 Å². The van der Waals surface area contributed by atoms with Gasteiger partial charge < -0.3 is 60.8 Å². The van der Waals surface area contributed by atoms with Crippen LogP contribution >= 0.6 is 0 Å². The quantitative estimate of drug-likeness (QED) is 0.140. The van der Waals surface area contributed by atoms with Crippen molar-refractivity contribution in [2.24, 2.45) is 17.6 Å². The number of ether oxygens (including phenoxy) is 3. The fourth-order valence-electron chi connectivity index (χ4n) is 4.52. The van der Waals surface area contributed by atoms with Crippen molar-refractivity contribution in [1.29, 1.82) is 0 Å². The van der Waals surface area contributed by atoms with Gasteiger partial charge in [0.05, 0.1) is 18.3 Å². The van der Waals surface area contributed by atoms with Crippen molar-refractivity contribution in [1.82, 2.24) is 0 Å². The molecule has 1 aliphatic heterocycles. The Morgan fingerprint density at radius 1 is 1.00 bits per heavy atom. The van der Waals surface area contributed by atoms with E-state index in [0.717, 1.165) is 0 Å². The maximum Gasteiger partial charge on any atom is 0.187 e. The van der Waals surface area contributed by atoms with Crippen LogP contribution in [-0.4, -0.2) is 121 Å². The average molecular weight is 484 g/mol. The Morgan fingerprint density at radius 3 is 2.21 bits per heavy atom. The number of hydrogen-bond acceptors (Lipinski definition) is 12. The van der Waals surface area contributed by atoms with Crippen LogP contribution in [0.25, 0.3) is 0 Å². The first-order chi connectivity index (χ1) is 15.4. The molecule has 14 atom stereocenters. The molecule has 2 rings (SSSR count). The third-order valence-electron chi connectivity index (χ3n) is 6.82. The summed E-state index contributed by atoms with van der Waals surface area (Å²) in [6, 6.07) is -0.693. The molecule has 0 aromatic rings. The van der Waals surface area contributed by atoms with Crippen LogP contribution in [0.4, 0.5) is 0 Å².